The van der Waals surface area contributed by atoms with Crippen molar-refractivity contribution in [1.29, 1.82) is 0 Å². The molecule has 0 saturated heterocycles. The van der Waals surface area contributed by atoms with Gasteiger partial charge in [-0.05, 0) is 56.1 Å². The average Bonchev–Trinajstić information content (AvgIpc) is 2.34. The minimum absolute atomic E-state index is 0.0253. The molecule has 2 aromatic carbocycles. The first-order valence-corrected chi connectivity index (χ1v) is 6.78. The maximum atomic E-state index is 13.6. The summed E-state index contributed by atoms with van der Waals surface area (Å²) in [5, 5.41) is 2.35. The summed E-state index contributed by atoms with van der Waals surface area (Å²) in [5.41, 5.74) is -0.194. The lowest BCUT2D eigenvalue weighted by molar-refractivity contribution is 0.102. The minimum atomic E-state index is -0.726. The van der Waals surface area contributed by atoms with Gasteiger partial charge in [-0.2, -0.15) is 0 Å². The molecule has 2 rings (SSSR count). The fourth-order valence-electron chi connectivity index (χ4n) is 1.51. The van der Waals surface area contributed by atoms with Crippen molar-refractivity contribution in [2.24, 2.45) is 0 Å². The summed E-state index contributed by atoms with van der Waals surface area (Å²) in [7, 11) is 0. The van der Waals surface area contributed by atoms with E-state index in [9.17, 15) is 13.6 Å². The predicted molar refractivity (Wildman–Crippen MR) is 76.2 cm³/mol. The first kappa shape index (κ1) is 14.1. The molecule has 98 valence electrons. The van der Waals surface area contributed by atoms with Crippen molar-refractivity contribution in [1.82, 2.24) is 0 Å². The van der Waals surface area contributed by atoms with Crippen LogP contribution in [0.5, 0.6) is 0 Å². The van der Waals surface area contributed by atoms with Crippen LogP contribution in [0.3, 0.4) is 0 Å². The van der Waals surface area contributed by atoms with Crippen LogP contribution < -0.4 is 5.32 Å². The Balaban J connectivity index is 2.37. The fraction of sp³-hybridized carbons (Fsp3) is 0. The van der Waals surface area contributed by atoms with E-state index in [1.54, 1.807) is 6.07 Å². The summed E-state index contributed by atoms with van der Waals surface area (Å²) >= 11 is 6.22. The van der Waals surface area contributed by atoms with Gasteiger partial charge in [-0.1, -0.05) is 12.1 Å². The molecular formula is C13H7Br2F2NO. The Kier molecular flexibility index (Phi) is 4.31. The summed E-state index contributed by atoms with van der Waals surface area (Å²) in [6.45, 7) is 0. The SMILES string of the molecule is O=C(Nc1c(F)cccc1Br)c1c(F)cccc1Br. The molecule has 1 N–H and O–H groups in total. The van der Waals surface area contributed by atoms with Crippen molar-refractivity contribution >= 4 is 43.5 Å². The van der Waals surface area contributed by atoms with Gasteiger partial charge in [0.15, 0.2) is 0 Å². The lowest BCUT2D eigenvalue weighted by atomic mass is 10.2. The third kappa shape index (κ3) is 3.01. The number of halogens is 4. The number of hydrogen-bond acceptors (Lipinski definition) is 1. The van der Waals surface area contributed by atoms with Crippen molar-refractivity contribution in [3.63, 3.8) is 0 Å². The standard InChI is InChI=1S/C13H7Br2F2NO/c14-7-3-1-5-9(16)11(7)13(19)18-12-8(15)4-2-6-10(12)17/h1-6H,(H,18,19). The summed E-state index contributed by atoms with van der Waals surface area (Å²) in [6.07, 6.45) is 0. The van der Waals surface area contributed by atoms with Crippen LogP contribution in [-0.4, -0.2) is 5.91 Å². The van der Waals surface area contributed by atoms with Gasteiger partial charge in [0.05, 0.1) is 11.3 Å². The van der Waals surface area contributed by atoms with Crippen LogP contribution in [0.4, 0.5) is 14.5 Å². The van der Waals surface area contributed by atoms with E-state index < -0.39 is 17.5 Å². The Bertz CT molecular complexity index is 606. The zero-order chi connectivity index (χ0) is 14.0. The lowest BCUT2D eigenvalue weighted by Gasteiger charge is -2.10. The zero-order valence-corrected chi connectivity index (χ0v) is 12.6. The number of para-hydroxylation sites is 1. The number of rotatable bonds is 2. The monoisotopic (exact) mass is 389 g/mol. The number of benzene rings is 2. The molecule has 0 saturated carbocycles. The average molecular weight is 391 g/mol. The molecule has 0 fully saturated rings. The van der Waals surface area contributed by atoms with Gasteiger partial charge in [-0.3, -0.25) is 4.79 Å². The van der Waals surface area contributed by atoms with Crippen LogP contribution in [0, 0.1) is 11.6 Å². The quantitative estimate of drug-likeness (QED) is 0.788. The topological polar surface area (TPSA) is 29.1 Å². The first-order chi connectivity index (χ1) is 9.00. The molecule has 0 bridgehead atoms. The van der Waals surface area contributed by atoms with Crippen LogP contribution in [0.1, 0.15) is 10.4 Å². The van der Waals surface area contributed by atoms with Gasteiger partial charge in [0, 0.05) is 8.95 Å². The largest absolute Gasteiger partial charge is 0.318 e. The second kappa shape index (κ2) is 5.79. The van der Waals surface area contributed by atoms with E-state index in [1.165, 1.54) is 24.3 Å². The van der Waals surface area contributed by atoms with Crippen molar-refractivity contribution in [2.75, 3.05) is 5.32 Å². The van der Waals surface area contributed by atoms with Crippen LogP contribution in [-0.2, 0) is 0 Å². The Hall–Kier alpha value is -1.27. The van der Waals surface area contributed by atoms with Crippen LogP contribution in [0.2, 0.25) is 0 Å². The Morgan fingerprint density at radius 1 is 0.947 bits per heavy atom. The number of anilines is 1. The van der Waals surface area contributed by atoms with Gasteiger partial charge in [0.2, 0.25) is 0 Å². The van der Waals surface area contributed by atoms with E-state index in [4.69, 9.17) is 0 Å². The summed E-state index contributed by atoms with van der Waals surface area (Å²) in [4.78, 5) is 12.0. The molecule has 0 aliphatic carbocycles. The van der Waals surface area contributed by atoms with E-state index in [0.717, 1.165) is 6.07 Å². The van der Waals surface area contributed by atoms with Gasteiger partial charge in [-0.15, -0.1) is 0 Å². The van der Waals surface area contributed by atoms with Gasteiger partial charge in [0.25, 0.3) is 5.91 Å². The minimum Gasteiger partial charge on any atom is -0.318 e. The Labute approximate surface area is 125 Å². The number of carbonyl (C=O) groups is 1. The van der Waals surface area contributed by atoms with E-state index in [-0.39, 0.29) is 11.3 Å². The molecule has 0 heterocycles. The molecule has 0 aliphatic rings. The van der Waals surface area contributed by atoms with Crippen LogP contribution in [0.25, 0.3) is 0 Å². The van der Waals surface area contributed by atoms with Crippen molar-refractivity contribution in [3.8, 4) is 0 Å². The smallest absolute Gasteiger partial charge is 0.259 e. The highest BCUT2D eigenvalue weighted by Crippen LogP contribution is 2.27. The lowest BCUT2D eigenvalue weighted by Crippen LogP contribution is -2.15. The Morgan fingerprint density at radius 3 is 2.11 bits per heavy atom. The second-order valence-corrected chi connectivity index (χ2v) is 5.36. The summed E-state index contributed by atoms with van der Waals surface area (Å²) < 4.78 is 27.9. The molecule has 1 amide bonds. The highest BCUT2D eigenvalue weighted by Gasteiger charge is 2.18. The third-order valence-electron chi connectivity index (χ3n) is 2.39. The van der Waals surface area contributed by atoms with E-state index >= 15 is 0 Å². The fourth-order valence-corrected chi connectivity index (χ4v) is 2.47. The van der Waals surface area contributed by atoms with E-state index in [1.807, 2.05) is 0 Å². The third-order valence-corrected chi connectivity index (χ3v) is 3.71. The Morgan fingerprint density at radius 2 is 1.53 bits per heavy atom. The first-order valence-electron chi connectivity index (χ1n) is 5.20. The summed E-state index contributed by atoms with van der Waals surface area (Å²) in [5.74, 6) is -2.01. The second-order valence-electron chi connectivity index (χ2n) is 3.65. The van der Waals surface area contributed by atoms with Gasteiger partial charge in [0.1, 0.15) is 11.6 Å². The van der Waals surface area contributed by atoms with E-state index in [0.29, 0.717) is 8.95 Å². The number of nitrogens with one attached hydrogen (secondary N) is 1. The van der Waals surface area contributed by atoms with Crippen molar-refractivity contribution in [3.05, 3.63) is 62.5 Å². The maximum Gasteiger partial charge on any atom is 0.259 e. The number of hydrogen-bond donors (Lipinski definition) is 1. The molecule has 0 radical (unpaired) electrons. The highest BCUT2D eigenvalue weighted by atomic mass is 79.9. The number of amides is 1. The molecule has 0 aliphatic heterocycles. The highest BCUT2D eigenvalue weighted by molar-refractivity contribution is 9.11. The van der Waals surface area contributed by atoms with Crippen molar-refractivity contribution in [2.45, 2.75) is 0 Å². The molecule has 0 spiro atoms. The predicted octanol–water partition coefficient (Wildman–Crippen LogP) is 4.74. The molecule has 2 aromatic rings. The van der Waals surface area contributed by atoms with Crippen LogP contribution >= 0.6 is 31.9 Å². The maximum absolute atomic E-state index is 13.6. The molecule has 0 unspecified atom stereocenters. The van der Waals surface area contributed by atoms with Gasteiger partial charge < -0.3 is 5.32 Å². The molecular weight excluding hydrogens is 384 g/mol. The molecule has 6 heteroatoms. The molecule has 19 heavy (non-hydrogen) atoms. The zero-order valence-electron chi connectivity index (χ0n) is 9.38. The number of carbonyl (C=O) groups excluding carboxylic acids is 1. The molecule has 0 atom stereocenters. The molecule has 2 nitrogen and oxygen atoms in total. The normalized spacial score (nSPS) is 10.3. The summed E-state index contributed by atoms with van der Waals surface area (Å²) in [6, 6.07) is 8.44. The van der Waals surface area contributed by atoms with Gasteiger partial charge in [-0.25, -0.2) is 8.78 Å². The van der Waals surface area contributed by atoms with Crippen LogP contribution in [0.15, 0.2) is 45.3 Å². The van der Waals surface area contributed by atoms with Gasteiger partial charge >= 0.3 is 0 Å². The molecule has 0 aromatic heterocycles. The van der Waals surface area contributed by atoms with E-state index in [2.05, 4.69) is 37.2 Å². The van der Waals surface area contributed by atoms with Crippen molar-refractivity contribution < 1.29 is 13.6 Å².